The van der Waals surface area contributed by atoms with Gasteiger partial charge in [0.05, 0.1) is 0 Å². The zero-order valence-corrected chi connectivity index (χ0v) is 6.53. The van der Waals surface area contributed by atoms with Crippen LogP contribution in [0, 0.1) is 0 Å². The van der Waals surface area contributed by atoms with Crippen molar-refractivity contribution >= 4 is 20.4 Å². The van der Waals surface area contributed by atoms with Gasteiger partial charge in [0.25, 0.3) is 0 Å². The minimum absolute atomic E-state index is 0. The van der Waals surface area contributed by atoms with E-state index in [1.54, 1.807) is 7.11 Å². The van der Waals surface area contributed by atoms with Crippen molar-refractivity contribution in [2.24, 2.45) is 0 Å². The van der Waals surface area contributed by atoms with Gasteiger partial charge in [-0.15, -0.1) is 0 Å². The summed E-state index contributed by atoms with van der Waals surface area (Å²) in [4.78, 5) is 0. The molecule has 1 atom stereocenters. The maximum absolute atomic E-state index is 4.39. The van der Waals surface area contributed by atoms with E-state index in [4.69, 9.17) is 0 Å². The summed E-state index contributed by atoms with van der Waals surface area (Å²) in [5.74, 6) is 0. The summed E-state index contributed by atoms with van der Waals surface area (Å²) in [5.41, 5.74) is 0. The highest BCUT2D eigenvalue weighted by Crippen LogP contribution is 1.24. The van der Waals surface area contributed by atoms with Crippen molar-refractivity contribution in [2.45, 2.75) is 0 Å². The fourth-order valence-corrected chi connectivity index (χ4v) is 0. The van der Waals surface area contributed by atoms with E-state index in [0.29, 0.717) is 0 Å². The van der Waals surface area contributed by atoms with E-state index in [-0.39, 0.29) is 9.90 Å². The van der Waals surface area contributed by atoms with Crippen LogP contribution < -0.4 is 0 Å². The van der Waals surface area contributed by atoms with Crippen LogP contribution in [0.25, 0.3) is 0 Å². The molecule has 28 valence electrons. The molecule has 0 aliphatic rings. The summed E-state index contributed by atoms with van der Waals surface area (Å²) in [7, 11) is 2.56. The monoisotopic (exact) mass is 96.0 g/mol. The molecule has 0 bridgehead atoms. The lowest BCUT2D eigenvalue weighted by Crippen LogP contribution is -1.60. The highest BCUT2D eigenvalue weighted by molar-refractivity contribution is 6.92. The number of rotatable bonds is 0. The highest BCUT2D eigenvalue weighted by atomic mass is 31.0. The van der Waals surface area contributed by atoms with Crippen LogP contribution in [0.1, 0.15) is 0 Å². The van der Waals surface area contributed by atoms with Crippen molar-refractivity contribution in [3.63, 3.8) is 0 Å². The molecule has 0 amide bonds. The summed E-state index contributed by atoms with van der Waals surface area (Å²) in [6.45, 7) is 0. The Morgan fingerprint density at radius 2 is 1.75 bits per heavy atom. The largest absolute Gasteiger partial charge is 0.431 e. The minimum atomic E-state index is 0. The molecule has 0 aromatic carbocycles. The summed E-state index contributed by atoms with van der Waals surface area (Å²) < 4.78 is 4.39. The maximum atomic E-state index is 4.39. The van der Waals surface area contributed by atoms with Crippen LogP contribution in [0.3, 0.4) is 0 Å². The van der Waals surface area contributed by atoms with Crippen molar-refractivity contribution < 1.29 is 4.43 Å². The molecule has 0 radical (unpaired) electrons. The predicted octanol–water partition coefficient (Wildman–Crippen LogP) is -1.03. The molecule has 0 spiro atoms. The first-order valence-electron chi connectivity index (χ1n) is 0.816. The third-order valence-corrected chi connectivity index (χ3v) is 0. The molecule has 0 aromatic rings. The van der Waals surface area contributed by atoms with Crippen molar-refractivity contribution in [1.29, 1.82) is 0 Å². The fourth-order valence-electron chi connectivity index (χ4n) is 0. The molecular formula is CH9OPSi. The van der Waals surface area contributed by atoms with E-state index in [0.717, 1.165) is 10.5 Å². The zero-order chi connectivity index (χ0) is 2.71. The maximum Gasteiger partial charge on any atom is 0.145 e. The van der Waals surface area contributed by atoms with Gasteiger partial charge in [0.15, 0.2) is 0 Å². The summed E-state index contributed by atoms with van der Waals surface area (Å²) in [5, 5.41) is 0. The van der Waals surface area contributed by atoms with Gasteiger partial charge in [0.1, 0.15) is 10.5 Å². The Kier molecular flexibility index (Phi) is 20.9. The Bertz CT molecular complexity index is 8.00. The van der Waals surface area contributed by atoms with Gasteiger partial charge in [-0.25, -0.2) is 0 Å². The van der Waals surface area contributed by atoms with Crippen LogP contribution in [0.5, 0.6) is 0 Å². The van der Waals surface area contributed by atoms with Crippen LogP contribution in [0.15, 0.2) is 0 Å². The van der Waals surface area contributed by atoms with Crippen LogP contribution in [-0.2, 0) is 4.43 Å². The first-order valence-corrected chi connectivity index (χ1v) is 1.63. The molecule has 0 heterocycles. The third-order valence-electron chi connectivity index (χ3n) is 0. The molecular weight excluding hydrogens is 87.1 g/mol. The number of hydrogen-bond acceptors (Lipinski definition) is 1. The lowest BCUT2D eigenvalue weighted by molar-refractivity contribution is 0.460. The fraction of sp³-hybridized carbons (Fsp3) is 1.00. The molecule has 3 heteroatoms. The van der Waals surface area contributed by atoms with Gasteiger partial charge in [0.2, 0.25) is 0 Å². The van der Waals surface area contributed by atoms with Crippen molar-refractivity contribution in [3.05, 3.63) is 0 Å². The second-order valence-corrected chi connectivity index (χ2v) is 1.22. The van der Waals surface area contributed by atoms with Crippen LogP contribution in [0.4, 0.5) is 0 Å². The lowest BCUT2D eigenvalue weighted by Gasteiger charge is -1.61. The normalized spacial score (nSPS) is 5.25. The SMILES string of the molecule is CO[SiH3].P. The molecule has 4 heavy (non-hydrogen) atoms. The van der Waals surface area contributed by atoms with E-state index in [1.807, 2.05) is 0 Å². The van der Waals surface area contributed by atoms with Gasteiger partial charge in [-0.1, -0.05) is 0 Å². The van der Waals surface area contributed by atoms with Crippen LogP contribution >= 0.6 is 9.90 Å². The van der Waals surface area contributed by atoms with Crippen LogP contribution in [0.2, 0.25) is 0 Å². The second kappa shape index (κ2) is 9.49. The third kappa shape index (κ3) is 18.3. The topological polar surface area (TPSA) is 9.23 Å². The molecule has 1 unspecified atom stereocenters. The second-order valence-electron chi connectivity index (χ2n) is 0.408. The van der Waals surface area contributed by atoms with Gasteiger partial charge < -0.3 is 4.43 Å². The van der Waals surface area contributed by atoms with E-state index >= 15 is 0 Å². The molecule has 0 fully saturated rings. The molecule has 0 N–H and O–H groups in total. The Labute approximate surface area is 32.9 Å². The quantitative estimate of drug-likeness (QED) is 0.277. The first-order chi connectivity index (χ1) is 1.41. The molecule has 0 saturated carbocycles. The Morgan fingerprint density at radius 1 is 1.75 bits per heavy atom. The lowest BCUT2D eigenvalue weighted by atomic mass is 11.8. The Hall–Kier alpha value is 0.607. The van der Waals surface area contributed by atoms with Gasteiger partial charge >= 0.3 is 0 Å². The average Bonchev–Trinajstić information content (AvgIpc) is 0.918. The summed E-state index contributed by atoms with van der Waals surface area (Å²) >= 11 is 0. The Morgan fingerprint density at radius 3 is 1.75 bits per heavy atom. The molecule has 1 nitrogen and oxygen atoms in total. The smallest absolute Gasteiger partial charge is 0.145 e. The van der Waals surface area contributed by atoms with Gasteiger partial charge in [-0.05, 0) is 0 Å². The molecule has 0 aliphatic heterocycles. The predicted molar refractivity (Wildman–Crippen MR) is 28.1 cm³/mol. The van der Waals surface area contributed by atoms with E-state index in [9.17, 15) is 0 Å². The number of hydrogen-bond donors (Lipinski definition) is 0. The van der Waals surface area contributed by atoms with E-state index in [1.165, 1.54) is 0 Å². The highest BCUT2D eigenvalue weighted by Gasteiger charge is 1.27. The zero-order valence-electron chi connectivity index (χ0n) is 3.12. The molecule has 0 rings (SSSR count). The summed E-state index contributed by atoms with van der Waals surface area (Å²) in [6.07, 6.45) is 0. The van der Waals surface area contributed by atoms with Crippen molar-refractivity contribution in [3.8, 4) is 0 Å². The summed E-state index contributed by atoms with van der Waals surface area (Å²) in [6, 6.07) is 0. The standard InChI is InChI=1S/CH6OSi.H3P/c1-2-3;/h1,3H3;1H3. The van der Waals surface area contributed by atoms with E-state index in [2.05, 4.69) is 4.43 Å². The Balaban J connectivity index is 0. The first kappa shape index (κ1) is 8.82. The molecule has 0 aromatic heterocycles. The van der Waals surface area contributed by atoms with Gasteiger partial charge in [0, 0.05) is 7.11 Å². The minimum Gasteiger partial charge on any atom is -0.431 e. The van der Waals surface area contributed by atoms with E-state index < -0.39 is 0 Å². The van der Waals surface area contributed by atoms with Gasteiger partial charge in [-0.2, -0.15) is 9.90 Å². The molecule has 0 aliphatic carbocycles. The average molecular weight is 96.1 g/mol. The van der Waals surface area contributed by atoms with Gasteiger partial charge in [-0.3, -0.25) is 0 Å². The molecule has 0 saturated heterocycles. The van der Waals surface area contributed by atoms with Crippen LogP contribution in [-0.4, -0.2) is 17.6 Å². The van der Waals surface area contributed by atoms with Crippen molar-refractivity contribution in [2.75, 3.05) is 7.11 Å². The van der Waals surface area contributed by atoms with Crippen molar-refractivity contribution in [1.82, 2.24) is 0 Å².